The van der Waals surface area contributed by atoms with Crippen LogP contribution in [0.15, 0.2) is 12.1 Å². The van der Waals surface area contributed by atoms with Crippen LogP contribution in [-0.2, 0) is 22.4 Å². The summed E-state index contributed by atoms with van der Waals surface area (Å²) in [6.45, 7) is 5.21. The van der Waals surface area contributed by atoms with E-state index in [4.69, 9.17) is 10.5 Å². The molecule has 3 rings (SSSR count). The van der Waals surface area contributed by atoms with Crippen LogP contribution >= 0.6 is 11.3 Å². The number of benzene rings is 1. The minimum Gasteiger partial charge on any atom is -0.452 e. The van der Waals surface area contributed by atoms with Crippen molar-refractivity contribution >= 4 is 34.1 Å². The topological polar surface area (TPSA) is 98.5 Å². The highest BCUT2D eigenvalue weighted by atomic mass is 32.1. The molecule has 2 amide bonds. The Morgan fingerprint density at radius 2 is 1.71 bits per heavy atom. The van der Waals surface area contributed by atoms with Gasteiger partial charge in [0.1, 0.15) is 5.00 Å². The molecule has 1 aromatic carbocycles. The molecule has 1 aliphatic rings. The second-order valence-corrected chi connectivity index (χ2v) is 8.28. The fraction of sp³-hybridized carbons (Fsp3) is 0.381. The number of carbonyl (C=O) groups excluding carboxylic acids is 3. The van der Waals surface area contributed by atoms with E-state index in [0.29, 0.717) is 16.1 Å². The number of primary amides is 1. The predicted molar refractivity (Wildman–Crippen MR) is 109 cm³/mol. The molecule has 7 heteroatoms. The molecule has 0 unspecified atom stereocenters. The van der Waals surface area contributed by atoms with E-state index < -0.39 is 24.4 Å². The number of anilines is 1. The molecule has 1 heterocycles. The third-order valence-corrected chi connectivity index (χ3v) is 6.09. The number of aryl methyl sites for hydroxylation is 4. The quantitative estimate of drug-likeness (QED) is 0.751. The van der Waals surface area contributed by atoms with Crippen LogP contribution in [0.1, 0.15) is 60.7 Å². The number of esters is 1. The number of hydrogen-bond acceptors (Lipinski definition) is 5. The summed E-state index contributed by atoms with van der Waals surface area (Å²) in [4.78, 5) is 37.7. The summed E-state index contributed by atoms with van der Waals surface area (Å²) in [5, 5.41) is 3.14. The summed E-state index contributed by atoms with van der Waals surface area (Å²) in [6, 6.07) is 3.80. The molecule has 28 heavy (non-hydrogen) atoms. The highest BCUT2D eigenvalue weighted by Crippen LogP contribution is 2.37. The molecular formula is C21H24N2O4S. The van der Waals surface area contributed by atoms with Gasteiger partial charge in [-0.15, -0.1) is 11.3 Å². The van der Waals surface area contributed by atoms with E-state index in [1.165, 1.54) is 11.3 Å². The number of nitrogens with one attached hydrogen (secondary N) is 1. The van der Waals surface area contributed by atoms with Crippen LogP contribution in [-0.4, -0.2) is 24.4 Å². The molecule has 148 valence electrons. The van der Waals surface area contributed by atoms with Gasteiger partial charge in [-0.1, -0.05) is 17.7 Å². The van der Waals surface area contributed by atoms with Crippen molar-refractivity contribution in [3.8, 4) is 0 Å². The number of nitrogens with two attached hydrogens (primary N) is 1. The number of carbonyl (C=O) groups is 3. The van der Waals surface area contributed by atoms with Crippen molar-refractivity contribution in [2.75, 3.05) is 11.9 Å². The summed E-state index contributed by atoms with van der Waals surface area (Å²) >= 11 is 1.38. The first-order valence-corrected chi connectivity index (χ1v) is 10.1. The first kappa shape index (κ1) is 20.1. The first-order valence-electron chi connectivity index (χ1n) is 9.27. The van der Waals surface area contributed by atoms with E-state index in [0.717, 1.165) is 52.8 Å². The summed E-state index contributed by atoms with van der Waals surface area (Å²) in [6.07, 6.45) is 3.74. The lowest BCUT2D eigenvalue weighted by Gasteiger charge is -2.12. The zero-order valence-electron chi connectivity index (χ0n) is 16.3. The Morgan fingerprint density at radius 3 is 2.36 bits per heavy atom. The van der Waals surface area contributed by atoms with Crippen LogP contribution < -0.4 is 11.1 Å². The van der Waals surface area contributed by atoms with E-state index in [2.05, 4.69) is 5.32 Å². The Bertz CT molecular complexity index is 939. The van der Waals surface area contributed by atoms with E-state index in [9.17, 15) is 14.4 Å². The molecule has 0 radical (unpaired) electrons. The molecule has 1 aromatic heterocycles. The van der Waals surface area contributed by atoms with Crippen LogP contribution in [0, 0.1) is 20.8 Å². The van der Waals surface area contributed by atoms with Gasteiger partial charge in [-0.05, 0) is 63.1 Å². The maximum atomic E-state index is 12.4. The molecule has 0 bridgehead atoms. The number of hydrogen-bond donors (Lipinski definition) is 2. The van der Waals surface area contributed by atoms with Gasteiger partial charge in [0.25, 0.3) is 11.8 Å². The van der Waals surface area contributed by atoms with E-state index >= 15 is 0 Å². The van der Waals surface area contributed by atoms with E-state index in [-0.39, 0.29) is 0 Å². The van der Waals surface area contributed by atoms with Gasteiger partial charge >= 0.3 is 5.97 Å². The first-order chi connectivity index (χ1) is 13.3. The van der Waals surface area contributed by atoms with Gasteiger partial charge in [0.2, 0.25) is 0 Å². The van der Waals surface area contributed by atoms with Gasteiger partial charge in [0.05, 0.1) is 11.1 Å². The Labute approximate surface area is 168 Å². The van der Waals surface area contributed by atoms with Crippen LogP contribution in [0.4, 0.5) is 5.00 Å². The van der Waals surface area contributed by atoms with Crippen molar-refractivity contribution in [2.24, 2.45) is 5.73 Å². The average molecular weight is 401 g/mol. The third kappa shape index (κ3) is 4.09. The predicted octanol–water partition coefficient (Wildman–Crippen LogP) is 3.45. The normalized spacial score (nSPS) is 13.0. The molecule has 1 aliphatic carbocycles. The maximum Gasteiger partial charge on any atom is 0.339 e. The minimum absolute atomic E-state index is 0.393. The highest BCUT2D eigenvalue weighted by molar-refractivity contribution is 7.17. The Hall–Kier alpha value is -2.67. The summed E-state index contributed by atoms with van der Waals surface area (Å²) < 4.78 is 5.20. The molecular weight excluding hydrogens is 376 g/mol. The second kappa shape index (κ2) is 8.14. The third-order valence-electron chi connectivity index (χ3n) is 4.89. The highest BCUT2D eigenvalue weighted by Gasteiger charge is 2.25. The van der Waals surface area contributed by atoms with Crippen molar-refractivity contribution < 1.29 is 19.1 Å². The zero-order valence-corrected chi connectivity index (χ0v) is 17.1. The molecule has 0 spiro atoms. The lowest BCUT2D eigenvalue weighted by atomic mass is 9.95. The van der Waals surface area contributed by atoms with Gasteiger partial charge in [-0.25, -0.2) is 4.79 Å². The smallest absolute Gasteiger partial charge is 0.339 e. The standard InChI is InChI=1S/C21H24N2O4S/c1-11-8-12(2)17(13(3)9-11)21(26)27-10-16(24)23-20-18(19(22)25)14-6-4-5-7-15(14)28-20/h8-9H,4-7,10H2,1-3H3,(H2,22,25)(H,23,24). The average Bonchev–Trinajstić information content (AvgIpc) is 2.96. The Morgan fingerprint density at radius 1 is 1.07 bits per heavy atom. The molecule has 0 aliphatic heterocycles. The fourth-order valence-corrected chi connectivity index (χ4v) is 5.09. The zero-order chi connectivity index (χ0) is 20.4. The van der Waals surface area contributed by atoms with Gasteiger partial charge < -0.3 is 15.8 Å². The molecule has 2 aromatic rings. The molecule has 0 atom stereocenters. The van der Waals surface area contributed by atoms with Crippen molar-refractivity contribution in [2.45, 2.75) is 46.5 Å². The van der Waals surface area contributed by atoms with Crippen LogP contribution in [0.2, 0.25) is 0 Å². The molecule has 6 nitrogen and oxygen atoms in total. The van der Waals surface area contributed by atoms with Crippen molar-refractivity contribution in [1.29, 1.82) is 0 Å². The number of ether oxygens (including phenoxy) is 1. The SMILES string of the molecule is Cc1cc(C)c(C(=O)OCC(=O)Nc2sc3c(c2C(N)=O)CCCC3)c(C)c1. The van der Waals surface area contributed by atoms with Gasteiger partial charge in [-0.2, -0.15) is 0 Å². The van der Waals surface area contributed by atoms with Crippen molar-refractivity contribution in [3.05, 3.63) is 50.4 Å². The van der Waals surface area contributed by atoms with Crippen LogP contribution in [0.3, 0.4) is 0 Å². The Balaban J connectivity index is 1.69. The molecule has 0 fully saturated rings. The molecule has 3 N–H and O–H groups in total. The van der Waals surface area contributed by atoms with Gasteiger partial charge in [0, 0.05) is 4.88 Å². The van der Waals surface area contributed by atoms with Gasteiger partial charge in [0.15, 0.2) is 6.61 Å². The van der Waals surface area contributed by atoms with E-state index in [1.807, 2.05) is 32.9 Å². The Kier molecular flexibility index (Phi) is 5.84. The summed E-state index contributed by atoms with van der Waals surface area (Å²) in [5.74, 6) is -1.57. The van der Waals surface area contributed by atoms with Gasteiger partial charge in [-0.3, -0.25) is 9.59 Å². The summed E-state index contributed by atoms with van der Waals surface area (Å²) in [7, 11) is 0. The maximum absolute atomic E-state index is 12.4. The number of amides is 2. The minimum atomic E-state index is -0.544. The number of fused-ring (bicyclic) bond motifs is 1. The number of thiophene rings is 1. The largest absolute Gasteiger partial charge is 0.452 e. The molecule has 0 saturated carbocycles. The van der Waals surface area contributed by atoms with Crippen LogP contribution in [0.25, 0.3) is 0 Å². The lowest BCUT2D eigenvalue weighted by Crippen LogP contribution is -2.23. The fourth-order valence-electron chi connectivity index (χ4n) is 3.78. The summed E-state index contributed by atoms with van der Waals surface area (Å²) in [5.41, 5.74) is 10.0. The van der Waals surface area contributed by atoms with Crippen LogP contribution in [0.5, 0.6) is 0 Å². The number of rotatable bonds is 5. The van der Waals surface area contributed by atoms with E-state index in [1.54, 1.807) is 0 Å². The monoisotopic (exact) mass is 400 g/mol. The second-order valence-electron chi connectivity index (χ2n) is 7.18. The lowest BCUT2D eigenvalue weighted by molar-refractivity contribution is -0.119. The molecule has 0 saturated heterocycles. The van der Waals surface area contributed by atoms with Crippen molar-refractivity contribution in [1.82, 2.24) is 0 Å². The van der Waals surface area contributed by atoms with Crippen molar-refractivity contribution in [3.63, 3.8) is 0 Å².